The Bertz CT molecular complexity index is 629. The highest BCUT2D eigenvalue weighted by atomic mass is 16.5. The van der Waals surface area contributed by atoms with E-state index in [9.17, 15) is 0 Å². The lowest BCUT2D eigenvalue weighted by Crippen LogP contribution is -2.51. The molecule has 1 aromatic carbocycles. The van der Waals surface area contributed by atoms with Gasteiger partial charge in [0, 0.05) is 45.2 Å². The molecule has 2 unspecified atom stereocenters. The molecule has 0 saturated carbocycles. The molecule has 1 saturated heterocycles. The number of ether oxygens (including phenoxy) is 2. The maximum Gasteiger partial charge on any atom is 0.191 e. The van der Waals surface area contributed by atoms with Crippen molar-refractivity contribution in [2.45, 2.75) is 38.6 Å². The fraction of sp³-hybridized carbons (Fsp3) is 0.682. The maximum atomic E-state index is 5.78. The number of nitrogens with zero attached hydrogens (tertiary/aromatic N) is 2. The average Bonchev–Trinajstić information content (AvgIpc) is 2.73. The Kier molecular flexibility index (Phi) is 7.98. The molecule has 3 rings (SSSR count). The summed E-state index contributed by atoms with van der Waals surface area (Å²) < 4.78 is 11.3. The summed E-state index contributed by atoms with van der Waals surface area (Å²) in [4.78, 5) is 7.00. The maximum absolute atomic E-state index is 5.78. The molecule has 2 heterocycles. The van der Waals surface area contributed by atoms with E-state index in [2.05, 4.69) is 52.6 Å². The molecule has 2 N–H and O–H groups in total. The van der Waals surface area contributed by atoms with Gasteiger partial charge >= 0.3 is 0 Å². The Morgan fingerprint density at radius 3 is 2.71 bits per heavy atom. The molecule has 2 aliphatic rings. The van der Waals surface area contributed by atoms with E-state index in [1.54, 1.807) is 0 Å². The van der Waals surface area contributed by atoms with Crippen LogP contribution in [0.5, 0.6) is 5.75 Å². The number of guanidine groups is 1. The van der Waals surface area contributed by atoms with Crippen molar-refractivity contribution in [3.8, 4) is 5.75 Å². The molecule has 6 nitrogen and oxygen atoms in total. The molecule has 1 aromatic rings. The lowest BCUT2D eigenvalue weighted by Gasteiger charge is -2.36. The van der Waals surface area contributed by atoms with Crippen LogP contribution in [0.3, 0.4) is 0 Å². The minimum atomic E-state index is 0.453. The van der Waals surface area contributed by atoms with Crippen LogP contribution in [0, 0.1) is 5.92 Å². The molecule has 0 amide bonds. The van der Waals surface area contributed by atoms with Gasteiger partial charge in [0.1, 0.15) is 5.75 Å². The molecule has 28 heavy (non-hydrogen) atoms. The molecule has 2 atom stereocenters. The smallest absolute Gasteiger partial charge is 0.191 e. The summed E-state index contributed by atoms with van der Waals surface area (Å²) in [5.41, 5.74) is 1.29. The van der Waals surface area contributed by atoms with E-state index in [-0.39, 0.29) is 0 Å². The van der Waals surface area contributed by atoms with Gasteiger partial charge in [-0.2, -0.15) is 0 Å². The molecule has 2 aliphatic heterocycles. The second kappa shape index (κ2) is 10.7. The normalized spacial score (nSPS) is 21.7. The summed E-state index contributed by atoms with van der Waals surface area (Å²) in [6.45, 7) is 10.9. The van der Waals surface area contributed by atoms with E-state index in [4.69, 9.17) is 9.47 Å². The predicted molar refractivity (Wildman–Crippen MR) is 114 cm³/mol. The second-order valence-electron chi connectivity index (χ2n) is 8.14. The van der Waals surface area contributed by atoms with Gasteiger partial charge in [-0.15, -0.1) is 0 Å². The number of para-hydroxylation sites is 1. The topological polar surface area (TPSA) is 58.1 Å². The van der Waals surface area contributed by atoms with Gasteiger partial charge in [0.05, 0.1) is 19.8 Å². The van der Waals surface area contributed by atoms with Crippen molar-refractivity contribution in [1.29, 1.82) is 0 Å². The molecule has 0 radical (unpaired) electrons. The van der Waals surface area contributed by atoms with Crippen LogP contribution >= 0.6 is 0 Å². The van der Waals surface area contributed by atoms with E-state index in [1.807, 2.05) is 13.1 Å². The number of benzene rings is 1. The molecule has 0 bridgehead atoms. The van der Waals surface area contributed by atoms with Crippen LogP contribution in [0.15, 0.2) is 29.3 Å². The number of aliphatic imine (C=N–C) groups is 1. The van der Waals surface area contributed by atoms with Gasteiger partial charge in [-0.05, 0) is 30.4 Å². The van der Waals surface area contributed by atoms with E-state index < -0.39 is 0 Å². The zero-order valence-electron chi connectivity index (χ0n) is 17.6. The quantitative estimate of drug-likeness (QED) is 0.555. The average molecular weight is 389 g/mol. The number of nitrogens with one attached hydrogen (secondary N) is 2. The summed E-state index contributed by atoms with van der Waals surface area (Å²) in [7, 11) is 1.85. The fourth-order valence-corrected chi connectivity index (χ4v) is 4.13. The Morgan fingerprint density at radius 1 is 1.18 bits per heavy atom. The highest BCUT2D eigenvalue weighted by Crippen LogP contribution is 2.32. The summed E-state index contributed by atoms with van der Waals surface area (Å²) in [5.74, 6) is 3.02. The Labute approximate surface area is 169 Å². The Morgan fingerprint density at radius 2 is 1.96 bits per heavy atom. The standard InChI is InChI=1S/C22H36N4O2/c1-17(2)14-19(26-9-12-27-13-10-26)16-25-22(23-3)24-15-18-8-11-28-21-7-5-4-6-20(18)21/h4-7,17-19H,8-16H2,1-3H3,(H2,23,24,25). The zero-order chi connectivity index (χ0) is 19.8. The van der Waals surface area contributed by atoms with E-state index in [0.29, 0.717) is 17.9 Å². The number of morpholine rings is 1. The van der Waals surface area contributed by atoms with Gasteiger partial charge in [-0.3, -0.25) is 9.89 Å². The molecular weight excluding hydrogens is 352 g/mol. The van der Waals surface area contributed by atoms with E-state index in [1.165, 1.54) is 12.0 Å². The molecule has 0 spiro atoms. The molecule has 0 aliphatic carbocycles. The van der Waals surface area contributed by atoms with Crippen LogP contribution in [0.4, 0.5) is 0 Å². The Hall–Kier alpha value is -1.79. The molecule has 156 valence electrons. The van der Waals surface area contributed by atoms with Crippen molar-refractivity contribution in [1.82, 2.24) is 15.5 Å². The molecule has 1 fully saturated rings. The summed E-state index contributed by atoms with van der Waals surface area (Å²) in [6.07, 6.45) is 2.21. The Balaban J connectivity index is 1.52. The van der Waals surface area contributed by atoms with Gasteiger partial charge in [-0.25, -0.2) is 0 Å². The van der Waals surface area contributed by atoms with Gasteiger partial charge < -0.3 is 20.1 Å². The predicted octanol–water partition coefficient (Wildman–Crippen LogP) is 2.46. The first-order valence-electron chi connectivity index (χ1n) is 10.7. The summed E-state index contributed by atoms with van der Waals surface area (Å²) >= 11 is 0. The SMILES string of the molecule is CN=C(NCC1CCOc2ccccc21)NCC(CC(C)C)N1CCOCC1. The van der Waals surface area contributed by atoms with Crippen molar-refractivity contribution in [3.63, 3.8) is 0 Å². The second-order valence-corrected chi connectivity index (χ2v) is 8.14. The van der Waals surface area contributed by atoms with E-state index >= 15 is 0 Å². The minimum Gasteiger partial charge on any atom is -0.493 e. The minimum absolute atomic E-state index is 0.453. The van der Waals surface area contributed by atoms with Crippen molar-refractivity contribution in [2.75, 3.05) is 53.0 Å². The number of hydrogen-bond acceptors (Lipinski definition) is 4. The lowest BCUT2D eigenvalue weighted by molar-refractivity contribution is 0.0132. The molecular formula is C22H36N4O2. The summed E-state index contributed by atoms with van der Waals surface area (Å²) in [6, 6.07) is 8.87. The fourth-order valence-electron chi connectivity index (χ4n) is 4.13. The third-order valence-electron chi connectivity index (χ3n) is 5.63. The van der Waals surface area contributed by atoms with Gasteiger partial charge in [0.25, 0.3) is 0 Å². The lowest BCUT2D eigenvalue weighted by atomic mass is 9.93. The van der Waals surface area contributed by atoms with Crippen molar-refractivity contribution in [2.24, 2.45) is 10.9 Å². The first-order valence-corrected chi connectivity index (χ1v) is 10.7. The van der Waals surface area contributed by atoms with Crippen LogP contribution in [-0.2, 0) is 4.74 Å². The zero-order valence-corrected chi connectivity index (χ0v) is 17.6. The largest absolute Gasteiger partial charge is 0.493 e. The number of fused-ring (bicyclic) bond motifs is 1. The van der Waals surface area contributed by atoms with Crippen molar-refractivity contribution < 1.29 is 9.47 Å². The van der Waals surface area contributed by atoms with Crippen molar-refractivity contribution >= 4 is 5.96 Å². The summed E-state index contributed by atoms with van der Waals surface area (Å²) in [5, 5.41) is 7.09. The van der Waals surface area contributed by atoms with E-state index in [0.717, 1.165) is 64.1 Å². The first-order chi connectivity index (χ1) is 13.7. The van der Waals surface area contributed by atoms with Crippen LogP contribution in [0.1, 0.15) is 38.2 Å². The molecule has 0 aromatic heterocycles. The number of rotatable bonds is 7. The monoisotopic (exact) mass is 388 g/mol. The van der Waals surface area contributed by atoms with Gasteiger partial charge in [-0.1, -0.05) is 32.0 Å². The number of hydrogen-bond donors (Lipinski definition) is 2. The molecule has 6 heteroatoms. The highest BCUT2D eigenvalue weighted by molar-refractivity contribution is 5.79. The first kappa shape index (κ1) is 20.9. The van der Waals surface area contributed by atoms with Crippen molar-refractivity contribution in [3.05, 3.63) is 29.8 Å². The third kappa shape index (κ3) is 5.85. The van der Waals surface area contributed by atoms with Gasteiger partial charge in [0.15, 0.2) is 5.96 Å². The van der Waals surface area contributed by atoms with Crippen LogP contribution in [-0.4, -0.2) is 69.9 Å². The van der Waals surface area contributed by atoms with Crippen LogP contribution in [0.25, 0.3) is 0 Å². The van der Waals surface area contributed by atoms with Crippen LogP contribution in [0.2, 0.25) is 0 Å². The third-order valence-corrected chi connectivity index (χ3v) is 5.63. The highest BCUT2D eigenvalue weighted by Gasteiger charge is 2.23. The van der Waals surface area contributed by atoms with Gasteiger partial charge in [0.2, 0.25) is 0 Å². The van der Waals surface area contributed by atoms with Crippen LogP contribution < -0.4 is 15.4 Å².